The first-order valence-corrected chi connectivity index (χ1v) is 15.5. The molecule has 2 atom stereocenters. The lowest BCUT2D eigenvalue weighted by atomic mass is 10.1. The van der Waals surface area contributed by atoms with E-state index >= 15 is 0 Å². The molecule has 9 nitrogen and oxygen atoms in total. The molecule has 0 saturated carbocycles. The molecule has 0 heterocycles. The van der Waals surface area contributed by atoms with E-state index in [9.17, 15) is 18.0 Å². The summed E-state index contributed by atoms with van der Waals surface area (Å²) < 4.78 is 39.9. The maximum Gasteiger partial charge on any atom is 0.264 e. The number of carbonyl (C=O) groups excluding carboxylic acids is 2. The Morgan fingerprint density at radius 1 is 0.929 bits per heavy atom. The van der Waals surface area contributed by atoms with Gasteiger partial charge in [-0.1, -0.05) is 55.8 Å². The number of sulfonamides is 1. The largest absolute Gasteiger partial charge is 0.497 e. The number of nitrogens with one attached hydrogen (secondary N) is 1. The first-order valence-electron chi connectivity index (χ1n) is 13.7. The van der Waals surface area contributed by atoms with Crippen LogP contribution in [0, 0.1) is 0 Å². The van der Waals surface area contributed by atoms with Gasteiger partial charge >= 0.3 is 0 Å². The molecule has 0 fully saturated rings. The Balaban J connectivity index is 2.12. The van der Waals surface area contributed by atoms with Gasteiger partial charge in [-0.3, -0.25) is 13.9 Å². The molecule has 0 aromatic heterocycles. The molecule has 0 spiro atoms. The number of benzene rings is 3. The SMILES string of the molecule is CC[C@@H](C)NC(=O)[C@@H](CC)N(Cc1cccc(OC)c1)C(=O)CN(c1cc(Cl)ccc1OC)S(=O)(=O)c1ccccc1. The van der Waals surface area contributed by atoms with Gasteiger partial charge in [-0.15, -0.1) is 0 Å². The molecule has 3 rings (SSSR count). The minimum atomic E-state index is -4.26. The number of rotatable bonds is 14. The van der Waals surface area contributed by atoms with E-state index in [0.717, 1.165) is 9.87 Å². The van der Waals surface area contributed by atoms with Gasteiger partial charge in [-0.25, -0.2) is 8.42 Å². The normalized spacial score (nSPS) is 12.6. The summed E-state index contributed by atoms with van der Waals surface area (Å²) >= 11 is 6.29. The van der Waals surface area contributed by atoms with Crippen molar-refractivity contribution in [3.8, 4) is 11.5 Å². The Morgan fingerprint density at radius 2 is 1.64 bits per heavy atom. The second kappa shape index (κ2) is 14.9. The Labute approximate surface area is 253 Å². The zero-order valence-corrected chi connectivity index (χ0v) is 26.1. The highest BCUT2D eigenvalue weighted by Crippen LogP contribution is 2.35. The summed E-state index contributed by atoms with van der Waals surface area (Å²) in [6, 6.07) is 18.6. The summed E-state index contributed by atoms with van der Waals surface area (Å²) in [4.78, 5) is 29.1. The number of halogens is 1. The number of anilines is 1. The molecule has 226 valence electrons. The van der Waals surface area contributed by atoms with Gasteiger partial charge in [-0.2, -0.15) is 0 Å². The summed E-state index contributed by atoms with van der Waals surface area (Å²) in [7, 11) is -1.32. The van der Waals surface area contributed by atoms with Crippen LogP contribution >= 0.6 is 11.6 Å². The van der Waals surface area contributed by atoms with E-state index in [0.29, 0.717) is 18.6 Å². The van der Waals surface area contributed by atoms with Crippen molar-refractivity contribution < 1.29 is 27.5 Å². The van der Waals surface area contributed by atoms with Crippen molar-refractivity contribution in [1.29, 1.82) is 0 Å². The fourth-order valence-corrected chi connectivity index (χ4v) is 6.02. The Kier molecular flexibility index (Phi) is 11.6. The van der Waals surface area contributed by atoms with E-state index in [-0.39, 0.29) is 39.8 Å². The van der Waals surface area contributed by atoms with Crippen molar-refractivity contribution in [3.05, 3.63) is 83.4 Å². The minimum Gasteiger partial charge on any atom is -0.497 e. The number of methoxy groups -OCH3 is 2. The van der Waals surface area contributed by atoms with Gasteiger partial charge < -0.3 is 19.7 Å². The standard InChI is InChI=1S/C31H38ClN3O6S/c1-6-22(3)33-31(37)27(7-2)34(20-23-12-11-13-25(18-23)40-4)30(36)21-35(28-19-24(32)16-17-29(28)41-5)42(38,39)26-14-9-8-10-15-26/h8-19,22,27H,6-7,20-21H2,1-5H3,(H,33,37)/t22-,27-/m1/s1. The first kappa shape index (κ1) is 32.8. The molecule has 0 bridgehead atoms. The number of nitrogens with zero attached hydrogens (tertiary/aromatic N) is 2. The lowest BCUT2D eigenvalue weighted by Gasteiger charge is -2.34. The van der Waals surface area contributed by atoms with Crippen LogP contribution < -0.4 is 19.1 Å². The predicted octanol–water partition coefficient (Wildman–Crippen LogP) is 5.27. The van der Waals surface area contributed by atoms with Gasteiger partial charge in [0.1, 0.15) is 24.1 Å². The van der Waals surface area contributed by atoms with Gasteiger partial charge in [0.05, 0.1) is 24.8 Å². The third-order valence-corrected chi connectivity index (χ3v) is 8.90. The lowest BCUT2D eigenvalue weighted by molar-refractivity contribution is -0.140. The molecule has 0 aliphatic carbocycles. The third-order valence-electron chi connectivity index (χ3n) is 6.89. The van der Waals surface area contributed by atoms with Gasteiger partial charge in [0.15, 0.2) is 0 Å². The van der Waals surface area contributed by atoms with Crippen molar-refractivity contribution in [2.75, 3.05) is 25.1 Å². The third kappa shape index (κ3) is 7.95. The Bertz CT molecular complexity index is 1470. The summed E-state index contributed by atoms with van der Waals surface area (Å²) in [6.07, 6.45) is 1.02. The molecule has 2 amide bonds. The van der Waals surface area contributed by atoms with Crippen LogP contribution in [-0.4, -0.2) is 58.0 Å². The summed E-state index contributed by atoms with van der Waals surface area (Å²) in [5.74, 6) is -0.0899. The molecule has 3 aromatic rings. The van der Waals surface area contributed by atoms with Gasteiger partial charge in [0.25, 0.3) is 10.0 Å². The number of amides is 2. The fourth-order valence-electron chi connectivity index (χ4n) is 4.42. The van der Waals surface area contributed by atoms with Crippen LogP contribution in [0.1, 0.15) is 39.2 Å². The number of ether oxygens (including phenoxy) is 2. The highest BCUT2D eigenvalue weighted by atomic mass is 35.5. The molecule has 0 aliphatic heterocycles. The molecule has 0 aliphatic rings. The fraction of sp³-hybridized carbons (Fsp3) is 0.355. The second-order valence-corrected chi connectivity index (χ2v) is 12.1. The van der Waals surface area contributed by atoms with Gasteiger partial charge in [0, 0.05) is 17.6 Å². The summed E-state index contributed by atoms with van der Waals surface area (Å²) in [5.41, 5.74) is 0.816. The monoisotopic (exact) mass is 615 g/mol. The lowest BCUT2D eigenvalue weighted by Crippen LogP contribution is -2.53. The maximum absolute atomic E-state index is 14.2. The van der Waals surface area contributed by atoms with E-state index in [1.54, 1.807) is 49.6 Å². The Morgan fingerprint density at radius 3 is 2.26 bits per heavy atom. The van der Waals surface area contributed by atoms with Gasteiger partial charge in [0.2, 0.25) is 11.8 Å². The molecule has 1 N–H and O–H groups in total. The average molecular weight is 616 g/mol. The highest BCUT2D eigenvalue weighted by Gasteiger charge is 2.35. The first-order chi connectivity index (χ1) is 20.0. The smallest absolute Gasteiger partial charge is 0.264 e. The van der Waals surface area contributed by atoms with Crippen LogP contribution in [0.2, 0.25) is 5.02 Å². The minimum absolute atomic E-state index is 0.0132. The molecule has 3 aromatic carbocycles. The number of carbonyl (C=O) groups is 2. The van der Waals surface area contributed by atoms with E-state index in [2.05, 4.69) is 5.32 Å². The van der Waals surface area contributed by atoms with Crippen LogP contribution in [0.4, 0.5) is 5.69 Å². The average Bonchev–Trinajstić information content (AvgIpc) is 2.99. The maximum atomic E-state index is 14.2. The number of hydrogen-bond acceptors (Lipinski definition) is 6. The van der Waals surface area contributed by atoms with E-state index < -0.39 is 28.5 Å². The Hall–Kier alpha value is -3.76. The predicted molar refractivity (Wildman–Crippen MR) is 164 cm³/mol. The van der Waals surface area contributed by atoms with Crippen LogP contribution in [0.15, 0.2) is 77.7 Å². The van der Waals surface area contributed by atoms with Crippen LogP contribution in [0.3, 0.4) is 0 Å². The topological polar surface area (TPSA) is 105 Å². The van der Waals surface area contributed by atoms with Crippen LogP contribution in [0.25, 0.3) is 0 Å². The molecule has 0 unspecified atom stereocenters. The van der Waals surface area contributed by atoms with Crippen molar-refractivity contribution in [1.82, 2.24) is 10.2 Å². The second-order valence-electron chi connectivity index (χ2n) is 9.76. The van der Waals surface area contributed by atoms with E-state index in [4.69, 9.17) is 21.1 Å². The van der Waals surface area contributed by atoms with Gasteiger partial charge in [-0.05, 0) is 67.8 Å². The summed E-state index contributed by atoms with van der Waals surface area (Å²) in [6.45, 7) is 5.10. The molecule has 0 saturated heterocycles. The van der Waals surface area contributed by atoms with E-state index in [1.165, 1.54) is 36.3 Å². The zero-order valence-electron chi connectivity index (χ0n) is 24.5. The van der Waals surface area contributed by atoms with Crippen molar-refractivity contribution in [3.63, 3.8) is 0 Å². The van der Waals surface area contributed by atoms with Crippen LogP contribution in [0.5, 0.6) is 11.5 Å². The number of hydrogen-bond donors (Lipinski definition) is 1. The van der Waals surface area contributed by atoms with Crippen molar-refractivity contribution >= 4 is 39.1 Å². The zero-order chi connectivity index (χ0) is 30.9. The van der Waals surface area contributed by atoms with E-state index in [1.807, 2.05) is 26.8 Å². The highest BCUT2D eigenvalue weighted by molar-refractivity contribution is 7.92. The molecule has 0 radical (unpaired) electrons. The molecule has 11 heteroatoms. The van der Waals surface area contributed by atoms with Crippen molar-refractivity contribution in [2.45, 2.75) is 57.1 Å². The summed E-state index contributed by atoms with van der Waals surface area (Å²) in [5, 5.41) is 3.23. The molecule has 42 heavy (non-hydrogen) atoms. The quantitative estimate of drug-likeness (QED) is 0.265. The molecular weight excluding hydrogens is 578 g/mol. The molecular formula is C31H38ClN3O6S. The van der Waals surface area contributed by atoms with Crippen LogP contribution in [-0.2, 0) is 26.2 Å². The van der Waals surface area contributed by atoms with Crippen molar-refractivity contribution in [2.24, 2.45) is 0 Å².